The third kappa shape index (κ3) is 6.40. The van der Waals surface area contributed by atoms with Gasteiger partial charge in [0.25, 0.3) is 5.91 Å². The molecule has 0 fully saturated rings. The molecule has 23 heavy (non-hydrogen) atoms. The van der Waals surface area contributed by atoms with Gasteiger partial charge < -0.3 is 14.4 Å². The molecular formula is C18H27NO4. The van der Waals surface area contributed by atoms with Crippen LogP contribution in [0.15, 0.2) is 18.2 Å². The van der Waals surface area contributed by atoms with Crippen molar-refractivity contribution in [3.05, 3.63) is 34.9 Å². The highest BCUT2D eigenvalue weighted by molar-refractivity contribution is 5.94. The number of carbonyl (C=O) groups excluding carboxylic acids is 2. The van der Waals surface area contributed by atoms with Gasteiger partial charge in [0, 0.05) is 31.9 Å². The van der Waals surface area contributed by atoms with Crippen LogP contribution in [0.4, 0.5) is 0 Å². The van der Waals surface area contributed by atoms with Gasteiger partial charge in [-0.2, -0.15) is 0 Å². The van der Waals surface area contributed by atoms with Crippen LogP contribution >= 0.6 is 0 Å². The Morgan fingerprint density at radius 1 is 1.13 bits per heavy atom. The van der Waals surface area contributed by atoms with Gasteiger partial charge in [-0.1, -0.05) is 6.07 Å². The van der Waals surface area contributed by atoms with E-state index in [1.54, 1.807) is 4.90 Å². The first-order chi connectivity index (χ1) is 11.0. The Bertz CT molecular complexity index is 528. The van der Waals surface area contributed by atoms with Crippen molar-refractivity contribution < 1.29 is 19.1 Å². The number of nitrogens with zero attached hydrogens (tertiary/aromatic N) is 1. The maximum Gasteiger partial charge on any atom is 0.307 e. The maximum absolute atomic E-state index is 12.7. The number of amides is 1. The molecule has 5 nitrogen and oxygen atoms in total. The van der Waals surface area contributed by atoms with E-state index in [-0.39, 0.29) is 18.3 Å². The summed E-state index contributed by atoms with van der Waals surface area (Å²) in [7, 11) is 1.35. The summed E-state index contributed by atoms with van der Waals surface area (Å²) in [5, 5.41) is 0. The number of ether oxygens (including phenoxy) is 2. The number of esters is 1. The van der Waals surface area contributed by atoms with Gasteiger partial charge in [0.05, 0.1) is 13.5 Å². The van der Waals surface area contributed by atoms with Crippen molar-refractivity contribution in [3.8, 4) is 0 Å². The van der Waals surface area contributed by atoms with E-state index in [4.69, 9.17) is 4.74 Å². The molecule has 0 aromatic heterocycles. The Kier molecular flexibility index (Phi) is 8.33. The summed E-state index contributed by atoms with van der Waals surface area (Å²) in [6.07, 6.45) is 0.938. The smallest absolute Gasteiger partial charge is 0.307 e. The van der Waals surface area contributed by atoms with E-state index in [0.29, 0.717) is 31.9 Å². The molecule has 0 heterocycles. The third-order valence-corrected chi connectivity index (χ3v) is 3.78. The van der Waals surface area contributed by atoms with Gasteiger partial charge >= 0.3 is 5.97 Å². The average molecular weight is 321 g/mol. The molecule has 1 aromatic rings. The molecule has 0 saturated carbocycles. The minimum atomic E-state index is -0.312. The van der Waals surface area contributed by atoms with E-state index in [1.807, 2.05) is 39.0 Å². The molecule has 0 aliphatic heterocycles. The van der Waals surface area contributed by atoms with Gasteiger partial charge in [-0.15, -0.1) is 0 Å². The summed E-state index contributed by atoms with van der Waals surface area (Å²) < 4.78 is 9.98. The van der Waals surface area contributed by atoms with Crippen LogP contribution in [0.1, 0.15) is 41.3 Å². The molecule has 0 aliphatic rings. The second kappa shape index (κ2) is 10.0. The Hall–Kier alpha value is -1.88. The first-order valence-corrected chi connectivity index (χ1v) is 8.00. The fraction of sp³-hybridized carbons (Fsp3) is 0.556. The van der Waals surface area contributed by atoms with Crippen molar-refractivity contribution in [2.24, 2.45) is 0 Å². The number of carbonyl (C=O) groups is 2. The minimum absolute atomic E-state index is 0.0616. The quantitative estimate of drug-likeness (QED) is 0.518. The molecule has 0 N–H and O–H groups in total. The zero-order valence-electron chi connectivity index (χ0n) is 14.6. The van der Waals surface area contributed by atoms with E-state index in [2.05, 4.69) is 4.74 Å². The molecule has 0 radical (unpaired) electrons. The SMILES string of the molecule is CCOCCCN(CCC(=O)OC)C(=O)c1ccc(C)c(C)c1. The number of methoxy groups -OCH3 is 1. The van der Waals surface area contributed by atoms with Crippen molar-refractivity contribution in [2.45, 2.75) is 33.6 Å². The van der Waals surface area contributed by atoms with E-state index < -0.39 is 0 Å². The van der Waals surface area contributed by atoms with Crippen LogP contribution in [0.3, 0.4) is 0 Å². The van der Waals surface area contributed by atoms with Crippen molar-refractivity contribution in [1.29, 1.82) is 0 Å². The van der Waals surface area contributed by atoms with Gasteiger partial charge in [-0.3, -0.25) is 9.59 Å². The van der Waals surface area contributed by atoms with Crippen LogP contribution in [0.25, 0.3) is 0 Å². The van der Waals surface area contributed by atoms with E-state index >= 15 is 0 Å². The zero-order valence-corrected chi connectivity index (χ0v) is 14.6. The highest BCUT2D eigenvalue weighted by atomic mass is 16.5. The van der Waals surface area contributed by atoms with Crippen molar-refractivity contribution in [2.75, 3.05) is 33.4 Å². The summed E-state index contributed by atoms with van der Waals surface area (Å²) in [5.74, 6) is -0.374. The number of hydrogen-bond acceptors (Lipinski definition) is 4. The lowest BCUT2D eigenvalue weighted by Crippen LogP contribution is -2.34. The lowest BCUT2D eigenvalue weighted by atomic mass is 10.1. The van der Waals surface area contributed by atoms with Gasteiger partial charge in [0.15, 0.2) is 0 Å². The number of aryl methyl sites for hydroxylation is 2. The molecule has 5 heteroatoms. The molecule has 1 rings (SSSR count). The molecule has 0 aliphatic carbocycles. The number of rotatable bonds is 9. The predicted molar refractivity (Wildman–Crippen MR) is 89.6 cm³/mol. The van der Waals surface area contributed by atoms with Crippen molar-refractivity contribution >= 4 is 11.9 Å². The Morgan fingerprint density at radius 3 is 2.48 bits per heavy atom. The molecule has 0 bridgehead atoms. The van der Waals surface area contributed by atoms with E-state index in [0.717, 1.165) is 17.5 Å². The lowest BCUT2D eigenvalue weighted by molar-refractivity contribution is -0.140. The Balaban J connectivity index is 2.76. The third-order valence-electron chi connectivity index (χ3n) is 3.78. The second-order valence-electron chi connectivity index (χ2n) is 5.47. The van der Waals surface area contributed by atoms with Gasteiger partial charge in [-0.05, 0) is 50.5 Å². The van der Waals surface area contributed by atoms with E-state index in [9.17, 15) is 9.59 Å². The maximum atomic E-state index is 12.7. The summed E-state index contributed by atoms with van der Waals surface area (Å²) in [5.41, 5.74) is 2.88. The second-order valence-corrected chi connectivity index (χ2v) is 5.47. The number of hydrogen-bond donors (Lipinski definition) is 0. The lowest BCUT2D eigenvalue weighted by Gasteiger charge is -2.22. The van der Waals surface area contributed by atoms with E-state index in [1.165, 1.54) is 7.11 Å². The van der Waals surface area contributed by atoms with Crippen molar-refractivity contribution in [1.82, 2.24) is 4.90 Å². The summed E-state index contributed by atoms with van der Waals surface area (Å²) in [4.78, 5) is 25.8. The van der Waals surface area contributed by atoms with Crippen LogP contribution in [0, 0.1) is 13.8 Å². The topological polar surface area (TPSA) is 55.8 Å². The fourth-order valence-electron chi connectivity index (χ4n) is 2.20. The monoisotopic (exact) mass is 321 g/mol. The largest absolute Gasteiger partial charge is 0.469 e. The molecule has 1 amide bonds. The highest BCUT2D eigenvalue weighted by Crippen LogP contribution is 2.13. The first kappa shape index (κ1) is 19.2. The summed E-state index contributed by atoms with van der Waals surface area (Å²) >= 11 is 0. The summed E-state index contributed by atoms with van der Waals surface area (Å²) in [6, 6.07) is 5.67. The van der Waals surface area contributed by atoms with Crippen LogP contribution in [-0.4, -0.2) is 50.2 Å². The molecule has 0 unspecified atom stereocenters. The van der Waals surface area contributed by atoms with Crippen LogP contribution in [0.5, 0.6) is 0 Å². The molecular weight excluding hydrogens is 294 g/mol. The number of benzene rings is 1. The Morgan fingerprint density at radius 2 is 1.87 bits per heavy atom. The molecule has 0 spiro atoms. The Labute approximate surface area is 138 Å². The molecule has 0 atom stereocenters. The molecule has 128 valence electrons. The highest BCUT2D eigenvalue weighted by Gasteiger charge is 2.17. The molecule has 1 aromatic carbocycles. The van der Waals surface area contributed by atoms with Crippen molar-refractivity contribution in [3.63, 3.8) is 0 Å². The fourth-order valence-corrected chi connectivity index (χ4v) is 2.20. The van der Waals surface area contributed by atoms with Crippen LogP contribution < -0.4 is 0 Å². The van der Waals surface area contributed by atoms with Crippen LogP contribution in [0.2, 0.25) is 0 Å². The van der Waals surface area contributed by atoms with Gasteiger partial charge in [0.2, 0.25) is 0 Å². The predicted octanol–water partition coefficient (Wildman–Crippen LogP) is 2.74. The molecule has 0 saturated heterocycles. The zero-order chi connectivity index (χ0) is 17.2. The van der Waals surface area contributed by atoms with Crippen LogP contribution in [-0.2, 0) is 14.3 Å². The standard InChI is InChI=1S/C18H27NO4/c1-5-23-12-6-10-19(11-9-17(20)22-4)18(21)16-8-7-14(2)15(3)13-16/h7-8,13H,5-6,9-12H2,1-4H3. The van der Waals surface area contributed by atoms with Gasteiger partial charge in [0.1, 0.15) is 0 Å². The minimum Gasteiger partial charge on any atom is -0.469 e. The first-order valence-electron chi connectivity index (χ1n) is 8.00. The average Bonchev–Trinajstić information content (AvgIpc) is 2.55. The normalized spacial score (nSPS) is 10.4. The summed E-state index contributed by atoms with van der Waals surface area (Å²) in [6.45, 7) is 8.11. The van der Waals surface area contributed by atoms with Gasteiger partial charge in [-0.25, -0.2) is 0 Å².